The number of hydrogen-bond acceptors (Lipinski definition) is 3. The van der Waals surface area contributed by atoms with Crippen LogP contribution in [0.4, 0.5) is 0 Å². The summed E-state index contributed by atoms with van der Waals surface area (Å²) >= 11 is 0. The van der Waals surface area contributed by atoms with E-state index in [1.807, 2.05) is 36.4 Å². The van der Waals surface area contributed by atoms with E-state index in [0.717, 1.165) is 23.7 Å². The van der Waals surface area contributed by atoms with Crippen LogP contribution in [0.3, 0.4) is 0 Å². The van der Waals surface area contributed by atoms with Gasteiger partial charge >= 0.3 is 0 Å². The molecule has 0 heterocycles. The molecule has 3 nitrogen and oxygen atoms in total. The van der Waals surface area contributed by atoms with Crippen LogP contribution < -0.4 is 14.2 Å². The molecule has 0 atom stereocenters. The Bertz CT molecular complexity index is 549. The minimum atomic E-state index is 0.747. The number of benzene rings is 2. The second-order valence-electron chi connectivity index (χ2n) is 4.22. The molecule has 0 saturated carbocycles. The fourth-order valence-corrected chi connectivity index (χ4v) is 2.01. The van der Waals surface area contributed by atoms with Crippen molar-refractivity contribution >= 4 is 0 Å². The average Bonchev–Trinajstić information content (AvgIpc) is 2.47. The Labute approximate surface area is 113 Å². The first-order valence-electron chi connectivity index (χ1n) is 6.10. The predicted octanol–water partition coefficient (Wildman–Crippen LogP) is 3.30. The van der Waals surface area contributed by atoms with Gasteiger partial charge in [-0.3, -0.25) is 0 Å². The lowest BCUT2D eigenvalue weighted by atomic mass is 10.0. The molecule has 0 bridgehead atoms. The van der Waals surface area contributed by atoms with Crippen molar-refractivity contribution < 1.29 is 14.2 Å². The van der Waals surface area contributed by atoms with Gasteiger partial charge in [-0.25, -0.2) is 0 Å². The molecule has 0 fully saturated rings. The Morgan fingerprint density at radius 1 is 0.737 bits per heavy atom. The van der Waals surface area contributed by atoms with Gasteiger partial charge in [0.15, 0.2) is 11.5 Å². The molecule has 2 rings (SSSR count). The second-order valence-corrected chi connectivity index (χ2v) is 4.22. The number of hydrogen-bond donors (Lipinski definition) is 0. The lowest BCUT2D eigenvalue weighted by Gasteiger charge is -2.10. The Morgan fingerprint density at radius 3 is 2.16 bits per heavy atom. The maximum Gasteiger partial charge on any atom is 0.160 e. The Kier molecular flexibility index (Phi) is 4.29. The molecule has 0 aliphatic rings. The molecule has 0 spiro atoms. The SMILES string of the molecule is COc1cccc(Cc2ccc(OC)c(OC)c2)c1. The van der Waals surface area contributed by atoms with Gasteiger partial charge in [-0.15, -0.1) is 0 Å². The summed E-state index contributed by atoms with van der Waals surface area (Å²) in [6.45, 7) is 0. The van der Waals surface area contributed by atoms with Crippen molar-refractivity contribution in [3.8, 4) is 17.2 Å². The van der Waals surface area contributed by atoms with Crippen molar-refractivity contribution in [1.29, 1.82) is 0 Å². The van der Waals surface area contributed by atoms with Crippen LogP contribution in [0.5, 0.6) is 17.2 Å². The molecule has 2 aromatic carbocycles. The van der Waals surface area contributed by atoms with E-state index in [1.54, 1.807) is 21.3 Å². The standard InChI is InChI=1S/C16H18O3/c1-17-14-6-4-5-12(10-14)9-13-7-8-15(18-2)16(11-13)19-3/h4-8,10-11H,9H2,1-3H3. The molecule has 0 unspecified atom stereocenters. The van der Waals surface area contributed by atoms with E-state index < -0.39 is 0 Å². The molecule has 0 aliphatic heterocycles. The molecule has 100 valence electrons. The van der Waals surface area contributed by atoms with Crippen LogP contribution in [-0.4, -0.2) is 21.3 Å². The quantitative estimate of drug-likeness (QED) is 0.823. The van der Waals surface area contributed by atoms with Gasteiger partial charge in [-0.1, -0.05) is 18.2 Å². The van der Waals surface area contributed by atoms with E-state index in [2.05, 4.69) is 6.07 Å². The average molecular weight is 258 g/mol. The number of methoxy groups -OCH3 is 3. The summed E-state index contributed by atoms with van der Waals surface area (Å²) in [5.74, 6) is 2.37. The van der Waals surface area contributed by atoms with Crippen LogP contribution in [0.1, 0.15) is 11.1 Å². The minimum absolute atomic E-state index is 0.747. The Balaban J connectivity index is 2.22. The Hall–Kier alpha value is -2.16. The van der Waals surface area contributed by atoms with Gasteiger partial charge in [0.25, 0.3) is 0 Å². The number of rotatable bonds is 5. The zero-order valence-corrected chi connectivity index (χ0v) is 11.5. The summed E-state index contributed by atoms with van der Waals surface area (Å²) in [5.41, 5.74) is 2.37. The molecule has 0 radical (unpaired) electrons. The van der Waals surface area contributed by atoms with E-state index in [4.69, 9.17) is 14.2 Å². The van der Waals surface area contributed by atoms with Crippen molar-refractivity contribution in [2.75, 3.05) is 21.3 Å². The fourth-order valence-electron chi connectivity index (χ4n) is 2.01. The Morgan fingerprint density at radius 2 is 1.47 bits per heavy atom. The van der Waals surface area contributed by atoms with E-state index in [1.165, 1.54) is 11.1 Å². The van der Waals surface area contributed by atoms with Crippen molar-refractivity contribution in [1.82, 2.24) is 0 Å². The first kappa shape index (κ1) is 13.3. The largest absolute Gasteiger partial charge is 0.497 e. The van der Waals surface area contributed by atoms with Crippen LogP contribution >= 0.6 is 0 Å². The summed E-state index contributed by atoms with van der Waals surface area (Å²) in [5, 5.41) is 0. The smallest absolute Gasteiger partial charge is 0.160 e. The fraction of sp³-hybridized carbons (Fsp3) is 0.250. The molecule has 3 heteroatoms. The highest BCUT2D eigenvalue weighted by molar-refractivity contribution is 5.44. The van der Waals surface area contributed by atoms with Crippen molar-refractivity contribution in [2.24, 2.45) is 0 Å². The highest BCUT2D eigenvalue weighted by Gasteiger charge is 2.05. The molecular formula is C16H18O3. The van der Waals surface area contributed by atoms with E-state index in [0.29, 0.717) is 0 Å². The normalized spacial score (nSPS) is 10.1. The zero-order valence-electron chi connectivity index (χ0n) is 11.5. The summed E-state index contributed by atoms with van der Waals surface area (Å²) < 4.78 is 15.8. The van der Waals surface area contributed by atoms with Crippen molar-refractivity contribution in [3.63, 3.8) is 0 Å². The summed E-state index contributed by atoms with van der Waals surface area (Å²) in [6.07, 6.45) is 0.831. The molecule has 2 aromatic rings. The van der Waals surface area contributed by atoms with Gasteiger partial charge in [-0.05, 0) is 41.8 Å². The third-order valence-corrected chi connectivity index (χ3v) is 2.99. The van der Waals surface area contributed by atoms with Gasteiger partial charge < -0.3 is 14.2 Å². The van der Waals surface area contributed by atoms with Gasteiger partial charge in [-0.2, -0.15) is 0 Å². The highest BCUT2D eigenvalue weighted by Crippen LogP contribution is 2.28. The summed E-state index contributed by atoms with van der Waals surface area (Å²) in [6, 6.07) is 14.0. The lowest BCUT2D eigenvalue weighted by Crippen LogP contribution is -1.94. The predicted molar refractivity (Wildman–Crippen MR) is 75.3 cm³/mol. The molecule has 0 aliphatic carbocycles. The van der Waals surface area contributed by atoms with Gasteiger partial charge in [0.2, 0.25) is 0 Å². The summed E-state index contributed by atoms with van der Waals surface area (Å²) in [7, 11) is 4.96. The third kappa shape index (κ3) is 3.19. The van der Waals surface area contributed by atoms with Gasteiger partial charge in [0, 0.05) is 0 Å². The van der Waals surface area contributed by atoms with Crippen LogP contribution in [0.25, 0.3) is 0 Å². The molecule has 0 N–H and O–H groups in total. The van der Waals surface area contributed by atoms with Crippen molar-refractivity contribution in [2.45, 2.75) is 6.42 Å². The third-order valence-electron chi connectivity index (χ3n) is 2.99. The minimum Gasteiger partial charge on any atom is -0.497 e. The molecule has 19 heavy (non-hydrogen) atoms. The van der Waals surface area contributed by atoms with Gasteiger partial charge in [0.1, 0.15) is 5.75 Å². The van der Waals surface area contributed by atoms with Crippen molar-refractivity contribution in [3.05, 3.63) is 53.6 Å². The van der Waals surface area contributed by atoms with Crippen LogP contribution in [0, 0.1) is 0 Å². The monoisotopic (exact) mass is 258 g/mol. The molecular weight excluding hydrogens is 240 g/mol. The molecule has 0 saturated heterocycles. The molecule has 0 amide bonds. The topological polar surface area (TPSA) is 27.7 Å². The maximum absolute atomic E-state index is 5.31. The maximum atomic E-state index is 5.31. The lowest BCUT2D eigenvalue weighted by molar-refractivity contribution is 0.354. The first-order chi connectivity index (χ1) is 9.26. The second kappa shape index (κ2) is 6.14. The van der Waals surface area contributed by atoms with Crippen LogP contribution in [-0.2, 0) is 6.42 Å². The van der Waals surface area contributed by atoms with E-state index in [9.17, 15) is 0 Å². The van der Waals surface area contributed by atoms with Crippen LogP contribution in [0.15, 0.2) is 42.5 Å². The van der Waals surface area contributed by atoms with Crippen LogP contribution in [0.2, 0.25) is 0 Å². The first-order valence-corrected chi connectivity index (χ1v) is 6.10. The zero-order chi connectivity index (χ0) is 13.7. The molecule has 0 aromatic heterocycles. The van der Waals surface area contributed by atoms with E-state index in [-0.39, 0.29) is 0 Å². The highest BCUT2D eigenvalue weighted by atomic mass is 16.5. The number of ether oxygens (including phenoxy) is 3. The van der Waals surface area contributed by atoms with E-state index >= 15 is 0 Å². The van der Waals surface area contributed by atoms with Gasteiger partial charge in [0.05, 0.1) is 21.3 Å². The summed E-state index contributed by atoms with van der Waals surface area (Å²) in [4.78, 5) is 0.